The first kappa shape index (κ1) is 17.8. The third kappa shape index (κ3) is 4.24. The van der Waals surface area contributed by atoms with Gasteiger partial charge in [-0.3, -0.25) is 0 Å². The van der Waals surface area contributed by atoms with Crippen molar-refractivity contribution in [2.75, 3.05) is 25.5 Å². The van der Waals surface area contributed by atoms with Gasteiger partial charge < -0.3 is 19.7 Å². The van der Waals surface area contributed by atoms with Crippen LogP contribution in [0.2, 0.25) is 0 Å². The smallest absolute Gasteiger partial charge is 0.318 e. The minimum Gasteiger partial charge on any atom is -0.378 e. The SMILES string of the molecule is CCN(Cc1ccc(N(C)C)cc1)C(=O)NC(C)c1nncn1C. The van der Waals surface area contributed by atoms with Gasteiger partial charge in [0.1, 0.15) is 6.33 Å². The first-order valence-corrected chi connectivity index (χ1v) is 8.08. The first-order chi connectivity index (χ1) is 11.4. The molecule has 0 radical (unpaired) electrons. The lowest BCUT2D eigenvalue weighted by molar-refractivity contribution is 0.194. The predicted octanol–water partition coefficient (Wildman–Crippen LogP) is 2.17. The summed E-state index contributed by atoms with van der Waals surface area (Å²) in [4.78, 5) is 16.3. The molecule has 0 aliphatic carbocycles. The largest absolute Gasteiger partial charge is 0.378 e. The molecule has 0 saturated heterocycles. The van der Waals surface area contributed by atoms with Crippen LogP contribution in [0.15, 0.2) is 30.6 Å². The second-order valence-corrected chi connectivity index (χ2v) is 6.05. The second kappa shape index (κ2) is 7.81. The lowest BCUT2D eigenvalue weighted by Gasteiger charge is -2.24. The molecule has 7 heteroatoms. The molecule has 2 rings (SSSR count). The summed E-state index contributed by atoms with van der Waals surface area (Å²) in [5, 5.41) is 10.9. The molecule has 0 fully saturated rings. The summed E-state index contributed by atoms with van der Waals surface area (Å²) in [7, 11) is 5.88. The number of amides is 2. The van der Waals surface area contributed by atoms with E-state index in [1.807, 2.05) is 35.0 Å². The number of nitrogens with one attached hydrogen (secondary N) is 1. The van der Waals surface area contributed by atoms with E-state index in [0.717, 1.165) is 17.1 Å². The van der Waals surface area contributed by atoms with Gasteiger partial charge >= 0.3 is 6.03 Å². The Balaban J connectivity index is 1.99. The highest BCUT2D eigenvalue weighted by Crippen LogP contribution is 2.14. The maximum absolute atomic E-state index is 12.5. The second-order valence-electron chi connectivity index (χ2n) is 6.05. The Labute approximate surface area is 143 Å². The van der Waals surface area contributed by atoms with Crippen molar-refractivity contribution < 1.29 is 4.79 Å². The van der Waals surface area contributed by atoms with E-state index in [-0.39, 0.29) is 12.1 Å². The van der Waals surface area contributed by atoms with Crippen molar-refractivity contribution in [1.29, 1.82) is 0 Å². The van der Waals surface area contributed by atoms with Crippen LogP contribution in [0.3, 0.4) is 0 Å². The van der Waals surface area contributed by atoms with E-state index in [1.165, 1.54) is 0 Å². The van der Waals surface area contributed by atoms with Crippen molar-refractivity contribution in [3.8, 4) is 0 Å². The fourth-order valence-electron chi connectivity index (χ4n) is 2.47. The van der Waals surface area contributed by atoms with Gasteiger partial charge in [-0.05, 0) is 31.5 Å². The van der Waals surface area contributed by atoms with E-state index in [2.05, 4.69) is 44.7 Å². The number of hydrogen-bond donors (Lipinski definition) is 1. The van der Waals surface area contributed by atoms with E-state index in [9.17, 15) is 4.79 Å². The minimum atomic E-state index is -0.199. The molecule has 1 unspecified atom stereocenters. The number of carbonyl (C=O) groups excluding carboxylic acids is 1. The van der Waals surface area contributed by atoms with Crippen LogP contribution in [0.5, 0.6) is 0 Å². The van der Waals surface area contributed by atoms with Gasteiger partial charge in [-0.25, -0.2) is 4.79 Å². The van der Waals surface area contributed by atoms with Crippen LogP contribution in [0, 0.1) is 0 Å². The molecule has 0 spiro atoms. The molecular weight excluding hydrogens is 304 g/mol. The number of nitrogens with zero attached hydrogens (tertiary/aromatic N) is 5. The Morgan fingerprint density at radius 2 is 1.96 bits per heavy atom. The third-order valence-electron chi connectivity index (χ3n) is 3.97. The molecule has 0 aliphatic heterocycles. The van der Waals surface area contributed by atoms with E-state index < -0.39 is 0 Å². The van der Waals surface area contributed by atoms with Gasteiger partial charge in [-0.2, -0.15) is 0 Å². The number of benzene rings is 1. The summed E-state index contributed by atoms with van der Waals surface area (Å²) < 4.78 is 1.81. The van der Waals surface area contributed by atoms with E-state index in [4.69, 9.17) is 0 Å². The van der Waals surface area contributed by atoms with Crippen molar-refractivity contribution in [2.24, 2.45) is 7.05 Å². The standard InChI is InChI=1S/C17H26N6O/c1-6-23(11-14-7-9-15(10-8-14)21(3)4)17(24)19-13(2)16-20-18-12-22(16)5/h7-10,12-13H,6,11H2,1-5H3,(H,19,24). The van der Waals surface area contributed by atoms with Crippen LogP contribution in [0.1, 0.15) is 31.3 Å². The van der Waals surface area contributed by atoms with Crippen LogP contribution in [0.25, 0.3) is 0 Å². The average molecular weight is 330 g/mol. The number of aromatic nitrogens is 3. The molecule has 1 aromatic carbocycles. The fraction of sp³-hybridized carbons (Fsp3) is 0.471. The number of rotatable bonds is 6. The minimum absolute atomic E-state index is 0.107. The highest BCUT2D eigenvalue weighted by atomic mass is 16.2. The van der Waals surface area contributed by atoms with Crippen LogP contribution in [-0.4, -0.2) is 46.3 Å². The number of carbonyl (C=O) groups is 1. The normalized spacial score (nSPS) is 11.9. The molecule has 1 N–H and O–H groups in total. The Kier molecular flexibility index (Phi) is 5.78. The van der Waals surface area contributed by atoms with Gasteiger partial charge in [0.2, 0.25) is 0 Å². The summed E-state index contributed by atoms with van der Waals surface area (Å²) in [6.45, 7) is 5.08. The van der Waals surface area contributed by atoms with E-state index in [0.29, 0.717) is 13.1 Å². The Morgan fingerprint density at radius 3 is 2.46 bits per heavy atom. The summed E-state index contributed by atoms with van der Waals surface area (Å²) in [6, 6.07) is 7.92. The molecule has 1 heterocycles. The molecule has 130 valence electrons. The predicted molar refractivity (Wildman–Crippen MR) is 94.8 cm³/mol. The zero-order valence-corrected chi connectivity index (χ0v) is 15.0. The molecule has 0 bridgehead atoms. The zero-order valence-electron chi connectivity index (χ0n) is 15.0. The maximum Gasteiger partial charge on any atom is 0.318 e. The number of anilines is 1. The fourth-order valence-corrected chi connectivity index (χ4v) is 2.47. The van der Waals surface area contributed by atoms with E-state index >= 15 is 0 Å². The van der Waals surface area contributed by atoms with Crippen LogP contribution in [-0.2, 0) is 13.6 Å². The topological polar surface area (TPSA) is 66.3 Å². The zero-order chi connectivity index (χ0) is 17.7. The van der Waals surface area contributed by atoms with Gasteiger partial charge in [0.15, 0.2) is 5.82 Å². The lowest BCUT2D eigenvalue weighted by Crippen LogP contribution is -2.41. The molecule has 0 saturated carbocycles. The summed E-state index contributed by atoms with van der Waals surface area (Å²) >= 11 is 0. The number of hydrogen-bond acceptors (Lipinski definition) is 4. The average Bonchev–Trinajstić information content (AvgIpc) is 2.99. The van der Waals surface area contributed by atoms with E-state index in [1.54, 1.807) is 15.8 Å². The molecule has 2 aromatic rings. The van der Waals surface area contributed by atoms with Gasteiger partial charge in [-0.15, -0.1) is 10.2 Å². The third-order valence-corrected chi connectivity index (χ3v) is 3.97. The van der Waals surface area contributed by atoms with Crippen molar-refractivity contribution in [2.45, 2.75) is 26.4 Å². The monoisotopic (exact) mass is 330 g/mol. The van der Waals surface area contributed by atoms with Gasteiger partial charge in [0.05, 0.1) is 6.04 Å². The molecule has 1 atom stereocenters. The molecular formula is C17H26N6O. The molecule has 1 aromatic heterocycles. The number of aryl methyl sites for hydroxylation is 1. The Morgan fingerprint density at radius 1 is 1.29 bits per heavy atom. The molecule has 7 nitrogen and oxygen atoms in total. The Hall–Kier alpha value is -2.57. The summed E-state index contributed by atoms with van der Waals surface area (Å²) in [5.41, 5.74) is 2.24. The Bertz CT molecular complexity index is 664. The van der Waals surface area contributed by atoms with Crippen molar-refractivity contribution in [3.63, 3.8) is 0 Å². The number of urea groups is 1. The maximum atomic E-state index is 12.5. The van der Waals surface area contributed by atoms with Crippen LogP contribution in [0.4, 0.5) is 10.5 Å². The highest BCUT2D eigenvalue weighted by molar-refractivity contribution is 5.74. The first-order valence-electron chi connectivity index (χ1n) is 8.08. The van der Waals surface area contributed by atoms with Crippen molar-refractivity contribution >= 4 is 11.7 Å². The summed E-state index contributed by atoms with van der Waals surface area (Å²) in [6.07, 6.45) is 1.63. The molecule has 24 heavy (non-hydrogen) atoms. The van der Waals surface area contributed by atoms with Gasteiger partial charge in [0, 0.05) is 39.9 Å². The molecule has 0 aliphatic rings. The van der Waals surface area contributed by atoms with Crippen LogP contribution >= 0.6 is 0 Å². The van der Waals surface area contributed by atoms with Crippen molar-refractivity contribution in [3.05, 3.63) is 42.0 Å². The molecule has 2 amide bonds. The quantitative estimate of drug-likeness (QED) is 0.881. The van der Waals surface area contributed by atoms with Crippen LogP contribution < -0.4 is 10.2 Å². The van der Waals surface area contributed by atoms with Gasteiger partial charge in [-0.1, -0.05) is 12.1 Å². The lowest BCUT2D eigenvalue weighted by atomic mass is 10.2. The highest BCUT2D eigenvalue weighted by Gasteiger charge is 2.18. The summed E-state index contributed by atoms with van der Waals surface area (Å²) in [5.74, 6) is 0.731. The van der Waals surface area contributed by atoms with Crippen molar-refractivity contribution in [1.82, 2.24) is 25.0 Å². The van der Waals surface area contributed by atoms with Gasteiger partial charge in [0.25, 0.3) is 0 Å².